The predicted molar refractivity (Wildman–Crippen MR) is 107 cm³/mol. The van der Waals surface area contributed by atoms with Gasteiger partial charge in [-0.3, -0.25) is 4.98 Å². The molecule has 0 saturated heterocycles. The molecule has 3 aromatic rings. The van der Waals surface area contributed by atoms with E-state index in [4.69, 9.17) is 0 Å². The Balaban J connectivity index is 1.40. The van der Waals surface area contributed by atoms with Crippen molar-refractivity contribution in [2.75, 3.05) is 5.32 Å². The summed E-state index contributed by atoms with van der Waals surface area (Å²) >= 11 is 1.66. The Kier molecular flexibility index (Phi) is 3.42. The van der Waals surface area contributed by atoms with Gasteiger partial charge in [-0.15, -0.1) is 10.2 Å². The minimum Gasteiger partial charge on any atom is -0.357 e. The molecule has 0 spiro atoms. The van der Waals surface area contributed by atoms with E-state index in [0.717, 1.165) is 27.0 Å². The maximum atomic E-state index is 4.45. The number of nitrogens with one attached hydrogen (secondary N) is 1. The lowest BCUT2D eigenvalue weighted by Crippen LogP contribution is -2.40. The fourth-order valence-electron chi connectivity index (χ4n) is 5.19. The summed E-state index contributed by atoms with van der Waals surface area (Å²) in [5, 5.41) is 16.9. The van der Waals surface area contributed by atoms with E-state index in [-0.39, 0.29) is 0 Å². The van der Waals surface area contributed by atoms with Crippen LogP contribution in [0.3, 0.4) is 0 Å². The Morgan fingerprint density at radius 3 is 2.77 bits per heavy atom. The van der Waals surface area contributed by atoms with Crippen molar-refractivity contribution >= 4 is 27.2 Å². The number of hydrogen-bond donors (Lipinski definition) is 1. The zero-order valence-corrected chi connectivity index (χ0v) is 16.3. The van der Waals surface area contributed by atoms with Crippen molar-refractivity contribution in [2.24, 2.45) is 16.7 Å². The standard InChI is InChI=1S/C21H24N4S/c1-20(2)16-6-8-21(20,3)17(11-16)23-19-25-24-18(26-19)14-4-5-15-12-22-9-7-13(15)10-14/h4-5,7,9-10,12,16-17H,6,8,11H2,1-3H3,(H,23,25). The van der Waals surface area contributed by atoms with Crippen LogP contribution >= 0.6 is 11.3 Å². The predicted octanol–water partition coefficient (Wildman–Crippen LogP) is 5.38. The van der Waals surface area contributed by atoms with Gasteiger partial charge >= 0.3 is 0 Å². The molecular formula is C21H24N4S. The molecule has 134 valence electrons. The van der Waals surface area contributed by atoms with E-state index >= 15 is 0 Å². The second-order valence-electron chi connectivity index (χ2n) is 8.66. The summed E-state index contributed by atoms with van der Waals surface area (Å²) in [5.74, 6) is 0.825. The first-order valence-corrected chi connectivity index (χ1v) is 10.2. The molecule has 1 aromatic carbocycles. The van der Waals surface area contributed by atoms with Crippen LogP contribution in [0.1, 0.15) is 40.0 Å². The van der Waals surface area contributed by atoms with Crippen LogP contribution in [0.15, 0.2) is 36.7 Å². The summed E-state index contributed by atoms with van der Waals surface area (Å²) in [4.78, 5) is 4.18. The lowest BCUT2D eigenvalue weighted by atomic mass is 9.69. The van der Waals surface area contributed by atoms with E-state index in [9.17, 15) is 0 Å². The van der Waals surface area contributed by atoms with Crippen molar-refractivity contribution < 1.29 is 0 Å². The molecule has 1 N–H and O–H groups in total. The Morgan fingerprint density at radius 1 is 1.12 bits per heavy atom. The van der Waals surface area contributed by atoms with Crippen molar-refractivity contribution in [1.29, 1.82) is 0 Å². The maximum absolute atomic E-state index is 4.45. The van der Waals surface area contributed by atoms with Crippen molar-refractivity contribution in [3.05, 3.63) is 36.7 Å². The molecule has 2 heterocycles. The van der Waals surface area contributed by atoms with Crippen LogP contribution in [0.5, 0.6) is 0 Å². The van der Waals surface area contributed by atoms with Gasteiger partial charge in [0.25, 0.3) is 0 Å². The highest BCUT2D eigenvalue weighted by Crippen LogP contribution is 2.65. The van der Waals surface area contributed by atoms with Crippen LogP contribution in [-0.4, -0.2) is 21.2 Å². The van der Waals surface area contributed by atoms with E-state index in [0.29, 0.717) is 16.9 Å². The first-order chi connectivity index (χ1) is 12.5. The zero-order chi connectivity index (χ0) is 17.9. The second-order valence-corrected chi connectivity index (χ2v) is 9.63. The van der Waals surface area contributed by atoms with Gasteiger partial charge < -0.3 is 5.32 Å². The topological polar surface area (TPSA) is 50.7 Å². The number of nitrogens with zero attached hydrogens (tertiary/aromatic N) is 3. The Morgan fingerprint density at radius 2 is 2.00 bits per heavy atom. The smallest absolute Gasteiger partial charge is 0.206 e. The summed E-state index contributed by atoms with van der Waals surface area (Å²) in [6, 6.07) is 8.92. The van der Waals surface area contributed by atoms with Gasteiger partial charge in [-0.1, -0.05) is 44.2 Å². The summed E-state index contributed by atoms with van der Waals surface area (Å²) in [6.07, 6.45) is 7.66. The van der Waals surface area contributed by atoms with Crippen LogP contribution in [0.2, 0.25) is 0 Å². The summed E-state index contributed by atoms with van der Waals surface area (Å²) in [7, 11) is 0. The molecule has 2 aliphatic carbocycles. The van der Waals surface area contributed by atoms with Crippen LogP contribution in [0, 0.1) is 16.7 Å². The molecule has 0 aliphatic heterocycles. The highest BCUT2D eigenvalue weighted by molar-refractivity contribution is 7.18. The lowest BCUT2D eigenvalue weighted by Gasteiger charge is -2.39. The average Bonchev–Trinajstić information content (AvgIpc) is 3.24. The Bertz CT molecular complexity index is 979. The first kappa shape index (κ1) is 16.2. The van der Waals surface area contributed by atoms with Gasteiger partial charge in [0.15, 0.2) is 0 Å². The van der Waals surface area contributed by atoms with Crippen molar-refractivity contribution in [3.63, 3.8) is 0 Å². The summed E-state index contributed by atoms with van der Waals surface area (Å²) < 4.78 is 0. The van der Waals surface area contributed by atoms with E-state index in [1.54, 1.807) is 11.3 Å². The molecule has 26 heavy (non-hydrogen) atoms. The lowest BCUT2D eigenvalue weighted by molar-refractivity contribution is 0.142. The normalized spacial score (nSPS) is 29.3. The van der Waals surface area contributed by atoms with Crippen LogP contribution in [-0.2, 0) is 0 Å². The molecule has 2 saturated carbocycles. The highest BCUT2D eigenvalue weighted by Gasteiger charge is 2.61. The largest absolute Gasteiger partial charge is 0.357 e. The molecule has 5 rings (SSSR count). The number of rotatable bonds is 3. The molecule has 2 aliphatic rings. The quantitative estimate of drug-likeness (QED) is 0.678. The van der Waals surface area contributed by atoms with Crippen LogP contribution in [0.4, 0.5) is 5.13 Å². The van der Waals surface area contributed by atoms with E-state index in [1.165, 1.54) is 24.6 Å². The molecular weight excluding hydrogens is 340 g/mol. The molecule has 3 unspecified atom stereocenters. The Labute approximate surface area is 158 Å². The van der Waals surface area contributed by atoms with Gasteiger partial charge in [0.05, 0.1) is 0 Å². The van der Waals surface area contributed by atoms with Crippen molar-refractivity contribution in [2.45, 2.75) is 46.1 Å². The Hall–Kier alpha value is -2.01. The molecule has 2 bridgehead atoms. The maximum Gasteiger partial charge on any atom is 0.206 e. The van der Waals surface area contributed by atoms with Gasteiger partial charge in [0.2, 0.25) is 5.13 Å². The molecule has 2 aromatic heterocycles. The zero-order valence-electron chi connectivity index (χ0n) is 15.5. The number of pyridine rings is 1. The highest BCUT2D eigenvalue weighted by atomic mass is 32.1. The number of hydrogen-bond acceptors (Lipinski definition) is 5. The molecule has 0 radical (unpaired) electrons. The third-order valence-corrected chi connectivity index (χ3v) is 8.31. The van der Waals surface area contributed by atoms with Gasteiger partial charge in [-0.05, 0) is 53.5 Å². The summed E-state index contributed by atoms with van der Waals surface area (Å²) in [5.41, 5.74) is 1.87. The molecule has 3 atom stereocenters. The third kappa shape index (κ3) is 2.22. The SMILES string of the molecule is CC1(C)C2CCC1(C)C(Nc1nnc(-c3ccc4cnccc4c3)s1)C2. The van der Waals surface area contributed by atoms with Crippen LogP contribution in [0.25, 0.3) is 21.3 Å². The number of anilines is 1. The minimum absolute atomic E-state index is 0.347. The van der Waals surface area contributed by atoms with Gasteiger partial charge in [0, 0.05) is 29.4 Å². The molecule has 0 amide bonds. The minimum atomic E-state index is 0.347. The molecule has 4 nitrogen and oxygen atoms in total. The number of fused-ring (bicyclic) bond motifs is 3. The summed E-state index contributed by atoms with van der Waals surface area (Å²) in [6.45, 7) is 7.35. The van der Waals surface area contributed by atoms with Crippen molar-refractivity contribution in [1.82, 2.24) is 15.2 Å². The van der Waals surface area contributed by atoms with E-state index < -0.39 is 0 Å². The van der Waals surface area contributed by atoms with E-state index in [1.807, 2.05) is 18.5 Å². The first-order valence-electron chi connectivity index (χ1n) is 9.41. The fraction of sp³-hybridized carbons (Fsp3) is 0.476. The van der Waals surface area contributed by atoms with Gasteiger partial charge in [0.1, 0.15) is 5.01 Å². The van der Waals surface area contributed by atoms with E-state index in [2.05, 4.69) is 59.5 Å². The average molecular weight is 365 g/mol. The van der Waals surface area contributed by atoms with Crippen molar-refractivity contribution in [3.8, 4) is 10.6 Å². The second kappa shape index (κ2) is 5.49. The number of benzene rings is 1. The molecule has 5 heteroatoms. The third-order valence-electron chi connectivity index (χ3n) is 7.40. The number of aromatic nitrogens is 3. The monoisotopic (exact) mass is 364 g/mol. The van der Waals surface area contributed by atoms with Gasteiger partial charge in [-0.25, -0.2) is 0 Å². The molecule has 2 fully saturated rings. The van der Waals surface area contributed by atoms with Gasteiger partial charge in [-0.2, -0.15) is 0 Å². The fourth-order valence-corrected chi connectivity index (χ4v) is 5.98. The van der Waals surface area contributed by atoms with Crippen LogP contribution < -0.4 is 5.32 Å².